The molecule has 0 atom stereocenters. The molecule has 0 aliphatic carbocycles. The number of aromatic nitrogens is 2. The van der Waals surface area contributed by atoms with E-state index in [0.717, 1.165) is 17.8 Å². The largest absolute Gasteiger partial charge is 0.416 e. The minimum Gasteiger partial charge on any atom is -0.324 e. The summed E-state index contributed by atoms with van der Waals surface area (Å²) >= 11 is 0. The number of benzene rings is 2. The van der Waals surface area contributed by atoms with Gasteiger partial charge >= 0.3 is 6.18 Å². The quantitative estimate of drug-likeness (QED) is 0.690. The van der Waals surface area contributed by atoms with E-state index in [9.17, 15) is 18.0 Å². The second-order valence-corrected chi connectivity index (χ2v) is 5.74. The molecule has 27 heavy (non-hydrogen) atoms. The van der Waals surface area contributed by atoms with Crippen LogP contribution in [0.2, 0.25) is 0 Å². The molecule has 5 nitrogen and oxygen atoms in total. The van der Waals surface area contributed by atoms with E-state index in [1.165, 1.54) is 18.2 Å². The first-order valence-electron chi connectivity index (χ1n) is 7.97. The van der Waals surface area contributed by atoms with Crippen molar-refractivity contribution in [2.45, 2.75) is 13.1 Å². The van der Waals surface area contributed by atoms with Gasteiger partial charge in [0.2, 0.25) is 5.95 Å². The topological polar surface area (TPSA) is 66.9 Å². The lowest BCUT2D eigenvalue weighted by molar-refractivity contribution is -0.137. The van der Waals surface area contributed by atoms with Crippen molar-refractivity contribution >= 4 is 23.2 Å². The van der Waals surface area contributed by atoms with Crippen LogP contribution >= 0.6 is 0 Å². The van der Waals surface area contributed by atoms with Gasteiger partial charge < -0.3 is 10.6 Å². The molecule has 0 saturated heterocycles. The highest BCUT2D eigenvalue weighted by molar-refractivity contribution is 6.03. The number of nitrogens with one attached hydrogen (secondary N) is 2. The fourth-order valence-electron chi connectivity index (χ4n) is 2.36. The highest BCUT2D eigenvalue weighted by Crippen LogP contribution is 2.30. The Kier molecular flexibility index (Phi) is 5.07. The Morgan fingerprint density at radius 3 is 2.33 bits per heavy atom. The predicted molar refractivity (Wildman–Crippen MR) is 95.9 cm³/mol. The minimum absolute atomic E-state index is 0.0312. The van der Waals surface area contributed by atoms with Crippen LogP contribution in [0.3, 0.4) is 0 Å². The summed E-state index contributed by atoms with van der Waals surface area (Å²) < 4.78 is 38.4. The summed E-state index contributed by atoms with van der Waals surface area (Å²) in [7, 11) is 0. The van der Waals surface area contributed by atoms with Gasteiger partial charge in [0.25, 0.3) is 5.91 Å². The number of para-hydroxylation sites is 1. The van der Waals surface area contributed by atoms with Gasteiger partial charge in [0.1, 0.15) is 5.69 Å². The lowest BCUT2D eigenvalue weighted by Gasteiger charge is -2.11. The maximum atomic E-state index is 12.8. The van der Waals surface area contributed by atoms with Gasteiger partial charge in [-0.2, -0.15) is 13.2 Å². The first kappa shape index (κ1) is 18.4. The summed E-state index contributed by atoms with van der Waals surface area (Å²) in [6.07, 6.45) is -4.49. The average molecular weight is 372 g/mol. The van der Waals surface area contributed by atoms with Crippen molar-refractivity contribution < 1.29 is 18.0 Å². The third kappa shape index (κ3) is 4.81. The van der Waals surface area contributed by atoms with Crippen LogP contribution in [0.5, 0.6) is 0 Å². The number of carbonyl (C=O) groups is 1. The Balaban J connectivity index is 1.81. The second-order valence-electron chi connectivity index (χ2n) is 5.74. The molecule has 0 fully saturated rings. The van der Waals surface area contributed by atoms with Crippen molar-refractivity contribution in [3.63, 3.8) is 0 Å². The Morgan fingerprint density at radius 1 is 0.926 bits per heavy atom. The molecule has 2 aromatic carbocycles. The number of halogens is 3. The van der Waals surface area contributed by atoms with Crippen LogP contribution in [-0.4, -0.2) is 15.9 Å². The van der Waals surface area contributed by atoms with Gasteiger partial charge in [-0.05, 0) is 43.3 Å². The summed E-state index contributed by atoms with van der Waals surface area (Å²) in [6, 6.07) is 15.0. The van der Waals surface area contributed by atoms with Gasteiger partial charge in [-0.1, -0.05) is 24.3 Å². The molecule has 1 aromatic heterocycles. The number of nitrogens with zero attached hydrogens (tertiary/aromatic N) is 2. The molecule has 2 N–H and O–H groups in total. The smallest absolute Gasteiger partial charge is 0.324 e. The molecule has 8 heteroatoms. The van der Waals surface area contributed by atoms with Crippen molar-refractivity contribution in [1.82, 2.24) is 9.97 Å². The first-order chi connectivity index (χ1) is 12.8. The van der Waals surface area contributed by atoms with Crippen LogP contribution in [0, 0.1) is 6.92 Å². The number of hydrogen-bond donors (Lipinski definition) is 2. The van der Waals surface area contributed by atoms with E-state index in [1.807, 2.05) is 30.3 Å². The molecule has 0 bridgehead atoms. The zero-order valence-electron chi connectivity index (χ0n) is 14.2. The highest BCUT2D eigenvalue weighted by Gasteiger charge is 2.30. The summed E-state index contributed by atoms with van der Waals surface area (Å²) in [5.74, 6) is -0.411. The van der Waals surface area contributed by atoms with Crippen LogP contribution in [0.1, 0.15) is 21.7 Å². The van der Waals surface area contributed by atoms with E-state index in [1.54, 1.807) is 6.92 Å². The number of amides is 1. The first-order valence-corrected chi connectivity index (χ1v) is 7.97. The maximum absolute atomic E-state index is 12.8. The van der Waals surface area contributed by atoms with E-state index in [0.29, 0.717) is 5.69 Å². The number of hydrogen-bond acceptors (Lipinski definition) is 4. The van der Waals surface area contributed by atoms with Gasteiger partial charge in [0.15, 0.2) is 0 Å². The molecule has 1 heterocycles. The van der Waals surface area contributed by atoms with Crippen molar-refractivity contribution in [1.29, 1.82) is 0 Å². The highest BCUT2D eigenvalue weighted by atomic mass is 19.4. The molecule has 138 valence electrons. The Bertz CT molecular complexity index is 959. The van der Waals surface area contributed by atoms with Crippen LogP contribution in [0.4, 0.5) is 30.5 Å². The number of alkyl halides is 3. The number of rotatable bonds is 4. The van der Waals surface area contributed by atoms with Crippen LogP contribution in [0.25, 0.3) is 0 Å². The predicted octanol–water partition coefficient (Wildman–Crippen LogP) is 4.80. The molecule has 1 amide bonds. The number of anilines is 3. The van der Waals surface area contributed by atoms with Crippen molar-refractivity contribution in [2.75, 3.05) is 10.6 Å². The summed E-state index contributed by atoms with van der Waals surface area (Å²) in [5, 5.41) is 5.41. The lowest BCUT2D eigenvalue weighted by Crippen LogP contribution is -2.16. The Morgan fingerprint density at radius 2 is 1.63 bits per heavy atom. The zero-order valence-corrected chi connectivity index (χ0v) is 14.2. The summed E-state index contributed by atoms with van der Waals surface area (Å²) in [6.45, 7) is 1.69. The van der Waals surface area contributed by atoms with Gasteiger partial charge in [-0.15, -0.1) is 0 Å². The van der Waals surface area contributed by atoms with Crippen LogP contribution in [-0.2, 0) is 6.18 Å². The SMILES string of the molecule is Cc1cc(C(=O)Nc2cccc(C(F)(F)F)c2)nc(Nc2ccccc2)n1. The van der Waals surface area contributed by atoms with E-state index < -0.39 is 17.6 Å². The summed E-state index contributed by atoms with van der Waals surface area (Å²) in [4.78, 5) is 20.8. The van der Waals surface area contributed by atoms with Crippen LogP contribution in [0.15, 0.2) is 60.7 Å². The summed E-state index contributed by atoms with van der Waals surface area (Å²) in [5.41, 5.74) is 0.512. The van der Waals surface area contributed by atoms with E-state index in [-0.39, 0.29) is 17.3 Å². The average Bonchev–Trinajstić information content (AvgIpc) is 2.61. The van der Waals surface area contributed by atoms with Crippen molar-refractivity contribution in [3.05, 3.63) is 77.6 Å². The number of carbonyl (C=O) groups excluding carboxylic acids is 1. The van der Waals surface area contributed by atoms with Crippen molar-refractivity contribution in [3.8, 4) is 0 Å². The third-order valence-corrected chi connectivity index (χ3v) is 3.56. The fraction of sp³-hybridized carbons (Fsp3) is 0.105. The second kappa shape index (κ2) is 7.45. The van der Waals surface area contributed by atoms with Gasteiger partial charge in [-0.3, -0.25) is 4.79 Å². The maximum Gasteiger partial charge on any atom is 0.416 e. The normalized spacial score (nSPS) is 11.1. The molecular formula is C19H15F3N4O. The molecule has 3 rings (SSSR count). The standard InChI is InChI=1S/C19H15F3N4O/c1-12-10-16(26-18(23-12)25-14-7-3-2-4-8-14)17(27)24-15-9-5-6-13(11-15)19(20,21)22/h2-11H,1H3,(H,24,27)(H,23,25,26). The molecule has 0 saturated carbocycles. The molecule has 3 aromatic rings. The van der Waals surface area contributed by atoms with Gasteiger partial charge in [0.05, 0.1) is 5.56 Å². The van der Waals surface area contributed by atoms with Crippen LogP contribution < -0.4 is 10.6 Å². The molecule has 0 unspecified atom stereocenters. The van der Waals surface area contributed by atoms with E-state index in [4.69, 9.17) is 0 Å². The molecular weight excluding hydrogens is 357 g/mol. The van der Waals surface area contributed by atoms with E-state index >= 15 is 0 Å². The molecule has 0 radical (unpaired) electrons. The van der Waals surface area contributed by atoms with Gasteiger partial charge in [-0.25, -0.2) is 9.97 Å². The lowest BCUT2D eigenvalue weighted by atomic mass is 10.2. The van der Waals surface area contributed by atoms with E-state index in [2.05, 4.69) is 20.6 Å². The monoisotopic (exact) mass is 372 g/mol. The fourth-order valence-corrected chi connectivity index (χ4v) is 2.36. The molecule has 0 aliphatic heterocycles. The third-order valence-electron chi connectivity index (χ3n) is 3.56. The van der Waals surface area contributed by atoms with Crippen molar-refractivity contribution in [2.24, 2.45) is 0 Å². The minimum atomic E-state index is -4.49. The van der Waals surface area contributed by atoms with Gasteiger partial charge in [0, 0.05) is 17.1 Å². The number of aryl methyl sites for hydroxylation is 1. The molecule has 0 aliphatic rings. The Labute approximate surface area is 153 Å². The zero-order chi connectivity index (χ0) is 19.4. The Hall–Kier alpha value is -3.42. The molecule has 0 spiro atoms.